The van der Waals surface area contributed by atoms with Gasteiger partial charge in [-0.3, -0.25) is 0 Å². The highest BCUT2D eigenvalue weighted by atomic mass is 32.2. The van der Waals surface area contributed by atoms with E-state index in [2.05, 4.69) is 6.07 Å². The van der Waals surface area contributed by atoms with Gasteiger partial charge in [0, 0.05) is 7.05 Å². The number of nitriles is 1. The maximum atomic E-state index is 13.7. The highest BCUT2D eigenvalue weighted by Gasteiger charge is 2.49. The predicted octanol–water partition coefficient (Wildman–Crippen LogP) is 2.76. The van der Waals surface area contributed by atoms with E-state index in [1.165, 1.54) is 33.0 Å². The molecule has 0 radical (unpaired) electrons. The molecule has 0 saturated heterocycles. The summed E-state index contributed by atoms with van der Waals surface area (Å²) in [7, 11) is -2.41. The van der Waals surface area contributed by atoms with Gasteiger partial charge in [-0.2, -0.15) is 9.57 Å². The van der Waals surface area contributed by atoms with E-state index < -0.39 is 21.4 Å². The van der Waals surface area contributed by atoms with E-state index in [-0.39, 0.29) is 21.9 Å². The Labute approximate surface area is 125 Å². The van der Waals surface area contributed by atoms with Crippen LogP contribution in [0.25, 0.3) is 0 Å². The van der Waals surface area contributed by atoms with Gasteiger partial charge in [0.05, 0.1) is 11.0 Å². The molecule has 1 atom stereocenters. The first-order valence-electron chi connectivity index (χ1n) is 6.81. The Morgan fingerprint density at radius 1 is 1.33 bits per heavy atom. The fourth-order valence-corrected chi connectivity index (χ4v) is 4.18. The molecule has 0 spiro atoms. The fourth-order valence-electron chi connectivity index (χ4n) is 2.53. The van der Waals surface area contributed by atoms with Gasteiger partial charge in [0.15, 0.2) is 0 Å². The molecular formula is C15H19FN2O2S. The summed E-state index contributed by atoms with van der Waals surface area (Å²) in [6.07, 6.45) is 1.71. The molecule has 0 bridgehead atoms. The summed E-state index contributed by atoms with van der Waals surface area (Å²) in [5, 5.41) is 9.41. The highest BCUT2D eigenvalue weighted by Crippen LogP contribution is 2.44. The monoisotopic (exact) mass is 310 g/mol. The van der Waals surface area contributed by atoms with E-state index in [0.717, 1.165) is 17.1 Å². The van der Waals surface area contributed by atoms with Crippen molar-refractivity contribution in [3.05, 3.63) is 29.1 Å². The number of halogens is 1. The lowest BCUT2D eigenvalue weighted by atomic mass is 9.99. The first-order chi connectivity index (χ1) is 9.64. The molecule has 0 aliphatic heterocycles. The standard InChI is InChI=1S/C15H19FN2O2S/c1-10-7-13(8-11(2)14(10)16)21(19,20)18(4)15(3,9-17)12-5-6-12/h7-8,12H,5-6H2,1-4H3/t15-/m0/s1. The van der Waals surface area contributed by atoms with Gasteiger partial charge in [-0.25, -0.2) is 12.8 Å². The number of hydrogen-bond acceptors (Lipinski definition) is 3. The van der Waals surface area contributed by atoms with Crippen LogP contribution in [0.2, 0.25) is 0 Å². The number of aryl methyl sites for hydroxylation is 2. The Bertz CT molecular complexity index is 697. The van der Waals surface area contributed by atoms with Crippen molar-refractivity contribution in [2.24, 2.45) is 5.92 Å². The number of rotatable bonds is 4. The lowest BCUT2D eigenvalue weighted by Crippen LogP contribution is -2.47. The molecule has 1 fully saturated rings. The molecule has 0 aromatic heterocycles. The van der Waals surface area contributed by atoms with E-state index in [4.69, 9.17) is 0 Å². The molecule has 6 heteroatoms. The Morgan fingerprint density at radius 2 is 1.81 bits per heavy atom. The molecule has 1 aliphatic rings. The Hall–Kier alpha value is -1.45. The second-order valence-corrected chi connectivity index (χ2v) is 7.85. The minimum atomic E-state index is -3.83. The lowest BCUT2D eigenvalue weighted by molar-refractivity contribution is 0.276. The summed E-state index contributed by atoms with van der Waals surface area (Å²) in [5.41, 5.74) is -0.492. The third kappa shape index (κ3) is 2.56. The highest BCUT2D eigenvalue weighted by molar-refractivity contribution is 7.89. The second kappa shape index (κ2) is 5.08. The van der Waals surface area contributed by atoms with Crippen molar-refractivity contribution in [2.75, 3.05) is 7.05 Å². The van der Waals surface area contributed by atoms with Crippen LogP contribution in [0, 0.1) is 36.9 Å². The predicted molar refractivity (Wildman–Crippen MR) is 77.6 cm³/mol. The SMILES string of the molecule is Cc1cc(S(=O)(=O)N(C)[C@@](C)(C#N)C2CC2)cc(C)c1F. The van der Waals surface area contributed by atoms with Crippen molar-refractivity contribution < 1.29 is 12.8 Å². The third-order valence-corrected chi connectivity index (χ3v) is 6.25. The molecule has 2 rings (SSSR count). The lowest BCUT2D eigenvalue weighted by Gasteiger charge is -2.32. The van der Waals surface area contributed by atoms with Crippen molar-refractivity contribution in [2.45, 2.75) is 44.0 Å². The summed E-state index contributed by atoms with van der Waals surface area (Å²) in [5.74, 6) is -0.341. The first-order valence-corrected chi connectivity index (χ1v) is 8.25. The largest absolute Gasteiger partial charge is 0.244 e. The van der Waals surface area contributed by atoms with Gasteiger partial charge < -0.3 is 0 Å². The molecule has 0 unspecified atom stereocenters. The van der Waals surface area contributed by atoms with Crippen LogP contribution in [0.4, 0.5) is 4.39 Å². The van der Waals surface area contributed by atoms with Crippen molar-refractivity contribution in [3.8, 4) is 6.07 Å². The van der Waals surface area contributed by atoms with Gasteiger partial charge in [0.1, 0.15) is 11.4 Å². The van der Waals surface area contributed by atoms with Crippen LogP contribution in [-0.4, -0.2) is 25.3 Å². The van der Waals surface area contributed by atoms with Crippen LogP contribution in [0.3, 0.4) is 0 Å². The van der Waals surface area contributed by atoms with Crippen LogP contribution >= 0.6 is 0 Å². The number of nitrogens with zero attached hydrogens (tertiary/aromatic N) is 2. The molecule has 4 nitrogen and oxygen atoms in total. The van der Waals surface area contributed by atoms with Crippen LogP contribution in [0.15, 0.2) is 17.0 Å². The maximum Gasteiger partial charge on any atom is 0.244 e. The Balaban J connectivity index is 2.50. The fraction of sp³-hybridized carbons (Fsp3) is 0.533. The van der Waals surface area contributed by atoms with Gasteiger partial charge in [-0.15, -0.1) is 0 Å². The molecule has 0 heterocycles. The van der Waals surface area contributed by atoms with Crippen molar-refractivity contribution in [1.29, 1.82) is 5.26 Å². The molecule has 1 aromatic carbocycles. The summed E-state index contributed by atoms with van der Waals surface area (Å²) in [6.45, 7) is 4.71. The van der Waals surface area contributed by atoms with E-state index >= 15 is 0 Å². The third-order valence-electron chi connectivity index (χ3n) is 4.32. The Morgan fingerprint density at radius 3 is 2.19 bits per heavy atom. The van der Waals surface area contributed by atoms with Crippen molar-refractivity contribution in [1.82, 2.24) is 4.31 Å². The molecule has 114 valence electrons. The van der Waals surface area contributed by atoms with E-state index in [0.29, 0.717) is 0 Å². The van der Waals surface area contributed by atoms with Crippen LogP contribution < -0.4 is 0 Å². The van der Waals surface area contributed by atoms with Gasteiger partial charge in [-0.05, 0) is 62.8 Å². The van der Waals surface area contributed by atoms with E-state index in [9.17, 15) is 18.1 Å². The van der Waals surface area contributed by atoms with E-state index in [1.807, 2.05) is 0 Å². The second-order valence-electron chi connectivity index (χ2n) is 5.88. The van der Waals surface area contributed by atoms with Gasteiger partial charge in [-0.1, -0.05) is 0 Å². The normalized spacial score (nSPS) is 18.3. The number of sulfonamides is 1. The van der Waals surface area contributed by atoms with Crippen molar-refractivity contribution in [3.63, 3.8) is 0 Å². The summed E-state index contributed by atoms with van der Waals surface area (Å²) >= 11 is 0. The minimum absolute atomic E-state index is 0.0310. The number of hydrogen-bond donors (Lipinski definition) is 0. The molecule has 1 aliphatic carbocycles. The summed E-state index contributed by atoms with van der Waals surface area (Å²) in [6, 6.07) is 4.77. The first kappa shape index (κ1) is 15.9. The smallest absolute Gasteiger partial charge is 0.207 e. The minimum Gasteiger partial charge on any atom is -0.207 e. The van der Waals surface area contributed by atoms with Crippen molar-refractivity contribution >= 4 is 10.0 Å². The molecule has 21 heavy (non-hydrogen) atoms. The summed E-state index contributed by atoms with van der Waals surface area (Å²) < 4.78 is 40.3. The average Bonchev–Trinajstić information content (AvgIpc) is 3.27. The average molecular weight is 310 g/mol. The van der Waals surface area contributed by atoms with Crippen LogP contribution in [0.1, 0.15) is 30.9 Å². The topological polar surface area (TPSA) is 61.2 Å². The van der Waals surface area contributed by atoms with Crippen LogP contribution in [0.5, 0.6) is 0 Å². The Kier molecular flexibility index (Phi) is 3.85. The molecule has 0 N–H and O–H groups in total. The molecular weight excluding hydrogens is 291 g/mol. The zero-order valence-electron chi connectivity index (χ0n) is 12.6. The maximum absolute atomic E-state index is 13.7. The molecule has 1 aromatic rings. The van der Waals surface area contributed by atoms with Gasteiger partial charge in [0.25, 0.3) is 0 Å². The molecule has 1 saturated carbocycles. The zero-order valence-corrected chi connectivity index (χ0v) is 13.5. The van der Waals surface area contributed by atoms with Crippen LogP contribution in [-0.2, 0) is 10.0 Å². The molecule has 0 amide bonds. The summed E-state index contributed by atoms with van der Waals surface area (Å²) in [4.78, 5) is 0.0310. The zero-order chi connectivity index (χ0) is 16.0. The van der Waals surface area contributed by atoms with E-state index in [1.54, 1.807) is 6.92 Å². The quantitative estimate of drug-likeness (QED) is 0.859. The van der Waals surface area contributed by atoms with Gasteiger partial charge >= 0.3 is 0 Å². The van der Waals surface area contributed by atoms with Gasteiger partial charge in [0.2, 0.25) is 10.0 Å². The number of benzene rings is 1.